The fourth-order valence-corrected chi connectivity index (χ4v) is 5.48. The molecule has 1 N–H and O–H groups in total. The lowest BCUT2D eigenvalue weighted by Gasteiger charge is -2.37. The third-order valence-electron chi connectivity index (χ3n) is 6.72. The van der Waals surface area contributed by atoms with Gasteiger partial charge in [-0.2, -0.15) is 4.98 Å². The second-order valence-corrected chi connectivity index (χ2v) is 10.5. The van der Waals surface area contributed by atoms with E-state index in [-0.39, 0.29) is 29.1 Å². The minimum absolute atomic E-state index is 0.0998. The number of carbonyl (C=O) groups is 1. The highest BCUT2D eigenvalue weighted by molar-refractivity contribution is 6.31. The number of benzene rings is 1. The predicted octanol–water partition coefficient (Wildman–Crippen LogP) is 5.26. The zero-order chi connectivity index (χ0) is 28.9. The summed E-state index contributed by atoms with van der Waals surface area (Å²) >= 11 is 12.7. The van der Waals surface area contributed by atoms with Gasteiger partial charge in [0.1, 0.15) is 11.4 Å². The van der Waals surface area contributed by atoms with Gasteiger partial charge in [-0.05, 0) is 42.2 Å². The van der Waals surface area contributed by atoms with Crippen molar-refractivity contribution >= 4 is 40.7 Å². The van der Waals surface area contributed by atoms with Crippen LogP contribution in [0.25, 0.3) is 5.69 Å². The van der Waals surface area contributed by atoms with Gasteiger partial charge in [-0.3, -0.25) is 15.0 Å². The molecule has 11 nitrogen and oxygen atoms in total. The summed E-state index contributed by atoms with van der Waals surface area (Å²) in [6, 6.07) is 5.76. The monoisotopic (exact) mass is 583 g/mol. The molecule has 1 aliphatic rings. The van der Waals surface area contributed by atoms with E-state index in [1.54, 1.807) is 24.0 Å². The van der Waals surface area contributed by atoms with Gasteiger partial charge in [-0.25, -0.2) is 14.5 Å². The first-order chi connectivity index (χ1) is 19.0. The standard InChI is InChI=1S/C27H27Cl2N7O4/c1-13(2)21-20-22(17-8-7-15(28)9-14(17)3)35(18-10-16(29)12-34(4)25(18)37)27(38)31-23(20)33-36(21)19-11-30-26(40-6)32-24(19)39-5/h7-13,22H,1-6H3,(H,31,33,38). The Morgan fingerprint density at radius 2 is 1.80 bits per heavy atom. The number of fused-ring (bicyclic) bond motifs is 1. The van der Waals surface area contributed by atoms with Crippen LogP contribution in [0.2, 0.25) is 10.0 Å². The number of anilines is 2. The van der Waals surface area contributed by atoms with Crippen LogP contribution in [0.3, 0.4) is 0 Å². The maximum atomic E-state index is 13.8. The Morgan fingerprint density at radius 3 is 2.45 bits per heavy atom. The Morgan fingerprint density at radius 1 is 1.05 bits per heavy atom. The van der Waals surface area contributed by atoms with Gasteiger partial charge in [0, 0.05) is 23.8 Å². The molecule has 40 heavy (non-hydrogen) atoms. The van der Waals surface area contributed by atoms with Gasteiger partial charge in [0.25, 0.3) is 5.56 Å². The number of nitrogens with zero attached hydrogens (tertiary/aromatic N) is 6. The minimum Gasteiger partial charge on any atom is -0.479 e. The molecule has 0 saturated heterocycles. The summed E-state index contributed by atoms with van der Waals surface area (Å²) < 4.78 is 13.7. The number of aryl methyl sites for hydroxylation is 2. The average molecular weight is 584 g/mol. The summed E-state index contributed by atoms with van der Waals surface area (Å²) in [6.45, 7) is 5.92. The minimum atomic E-state index is -0.747. The second kappa shape index (κ2) is 10.5. The van der Waals surface area contributed by atoms with Crippen molar-refractivity contribution in [1.82, 2.24) is 24.3 Å². The van der Waals surface area contributed by atoms with E-state index in [4.69, 9.17) is 37.8 Å². The summed E-state index contributed by atoms with van der Waals surface area (Å²) in [5.74, 6) is 0.470. The van der Waals surface area contributed by atoms with Crippen molar-refractivity contribution in [2.75, 3.05) is 24.4 Å². The van der Waals surface area contributed by atoms with Gasteiger partial charge >= 0.3 is 12.0 Å². The normalized spacial score (nSPS) is 14.8. The van der Waals surface area contributed by atoms with E-state index in [0.717, 1.165) is 16.8 Å². The Labute approximate surface area is 240 Å². The van der Waals surface area contributed by atoms with E-state index in [9.17, 15) is 9.59 Å². The van der Waals surface area contributed by atoms with Crippen LogP contribution in [0.15, 0.2) is 41.5 Å². The van der Waals surface area contributed by atoms with Gasteiger partial charge in [0.15, 0.2) is 5.82 Å². The van der Waals surface area contributed by atoms with E-state index in [0.29, 0.717) is 27.1 Å². The van der Waals surface area contributed by atoms with Crippen molar-refractivity contribution in [3.8, 4) is 17.6 Å². The molecule has 0 saturated carbocycles. The summed E-state index contributed by atoms with van der Waals surface area (Å²) in [6.07, 6.45) is 3.04. The van der Waals surface area contributed by atoms with Crippen molar-refractivity contribution in [3.05, 3.63) is 79.4 Å². The summed E-state index contributed by atoms with van der Waals surface area (Å²) in [5, 5.41) is 8.52. The Bertz CT molecular complexity index is 1700. The van der Waals surface area contributed by atoms with Gasteiger partial charge in [-0.1, -0.05) is 43.1 Å². The van der Waals surface area contributed by atoms with E-state index >= 15 is 0 Å². The maximum Gasteiger partial charge on any atom is 0.328 e. The number of hydrogen-bond acceptors (Lipinski definition) is 7. The molecule has 208 valence electrons. The molecule has 4 aromatic rings. The summed E-state index contributed by atoms with van der Waals surface area (Å²) in [5.41, 5.74) is 3.23. The number of carbonyl (C=O) groups excluding carboxylic acids is 1. The molecule has 1 aliphatic heterocycles. The lowest BCUT2D eigenvalue weighted by molar-refractivity contribution is 0.254. The van der Waals surface area contributed by atoms with Crippen LogP contribution in [-0.2, 0) is 7.05 Å². The van der Waals surface area contributed by atoms with Gasteiger partial charge < -0.3 is 14.0 Å². The van der Waals surface area contributed by atoms with Crippen molar-refractivity contribution in [1.29, 1.82) is 0 Å². The topological polar surface area (TPSA) is 116 Å². The molecular formula is C27H27Cl2N7O4. The van der Waals surface area contributed by atoms with Crippen molar-refractivity contribution in [3.63, 3.8) is 0 Å². The number of rotatable bonds is 6. The fourth-order valence-electron chi connectivity index (χ4n) is 5.01. The largest absolute Gasteiger partial charge is 0.479 e. The van der Waals surface area contributed by atoms with Crippen molar-refractivity contribution in [2.24, 2.45) is 7.05 Å². The van der Waals surface area contributed by atoms with Crippen LogP contribution < -0.4 is 25.2 Å². The Kier molecular flexibility index (Phi) is 7.19. The summed E-state index contributed by atoms with van der Waals surface area (Å²) in [4.78, 5) is 37.2. The molecule has 0 bridgehead atoms. The fraction of sp³-hybridized carbons (Fsp3) is 0.296. The van der Waals surface area contributed by atoms with E-state index < -0.39 is 12.1 Å². The number of hydrogen-bond donors (Lipinski definition) is 1. The number of halogens is 2. The lowest BCUT2D eigenvalue weighted by Crippen LogP contribution is -2.46. The van der Waals surface area contributed by atoms with Gasteiger partial charge in [0.05, 0.1) is 37.2 Å². The van der Waals surface area contributed by atoms with E-state index in [1.165, 1.54) is 35.9 Å². The van der Waals surface area contributed by atoms with Gasteiger partial charge in [-0.15, -0.1) is 5.10 Å². The molecule has 1 unspecified atom stereocenters. The quantitative estimate of drug-likeness (QED) is 0.329. The number of aromatic nitrogens is 5. The molecule has 2 amide bonds. The maximum absolute atomic E-state index is 13.8. The summed E-state index contributed by atoms with van der Waals surface area (Å²) in [7, 11) is 4.53. The Balaban J connectivity index is 1.85. The molecule has 1 aromatic carbocycles. The molecule has 1 atom stereocenters. The number of ether oxygens (including phenoxy) is 2. The number of methoxy groups -OCH3 is 2. The van der Waals surface area contributed by atoms with Crippen LogP contribution >= 0.6 is 23.2 Å². The number of amides is 2. The molecule has 0 fully saturated rings. The van der Waals surface area contributed by atoms with Crippen molar-refractivity contribution < 1.29 is 14.3 Å². The molecule has 4 heterocycles. The smallest absolute Gasteiger partial charge is 0.328 e. The van der Waals surface area contributed by atoms with Crippen LogP contribution in [0.5, 0.6) is 11.9 Å². The highest BCUT2D eigenvalue weighted by atomic mass is 35.5. The van der Waals surface area contributed by atoms with Crippen molar-refractivity contribution in [2.45, 2.75) is 32.7 Å². The number of urea groups is 1. The SMILES string of the molecule is COc1ncc(-n2nc3c(c2C(C)C)C(c2ccc(Cl)cc2C)N(c2cc(Cl)cn(C)c2=O)C(=O)N3)c(OC)n1. The van der Waals surface area contributed by atoms with Gasteiger partial charge in [0.2, 0.25) is 5.88 Å². The highest BCUT2D eigenvalue weighted by Gasteiger charge is 2.42. The lowest BCUT2D eigenvalue weighted by atomic mass is 9.89. The average Bonchev–Trinajstić information content (AvgIpc) is 3.29. The van der Waals surface area contributed by atoms with E-state index in [2.05, 4.69) is 15.3 Å². The highest BCUT2D eigenvalue weighted by Crippen LogP contribution is 2.45. The molecule has 0 spiro atoms. The molecule has 3 aromatic heterocycles. The second-order valence-electron chi connectivity index (χ2n) is 9.63. The Hall–Kier alpha value is -4.09. The number of nitrogens with one attached hydrogen (secondary N) is 1. The first-order valence-corrected chi connectivity index (χ1v) is 13.1. The van der Waals surface area contributed by atoms with Crippen LogP contribution in [0, 0.1) is 6.92 Å². The third kappa shape index (κ3) is 4.54. The van der Waals surface area contributed by atoms with E-state index in [1.807, 2.05) is 32.9 Å². The zero-order valence-electron chi connectivity index (χ0n) is 22.7. The van der Waals surface area contributed by atoms with Crippen LogP contribution in [0.4, 0.5) is 16.3 Å². The molecular weight excluding hydrogens is 557 g/mol. The number of pyridine rings is 1. The molecule has 0 aliphatic carbocycles. The predicted molar refractivity (Wildman–Crippen MR) is 153 cm³/mol. The molecule has 13 heteroatoms. The van der Waals surface area contributed by atoms with Crippen LogP contribution in [0.1, 0.15) is 48.2 Å². The molecule has 5 rings (SSSR count). The molecule has 0 radical (unpaired) electrons. The van der Waals surface area contributed by atoms with Crippen LogP contribution in [-0.4, -0.2) is 44.6 Å². The first kappa shape index (κ1) is 27.5. The first-order valence-electron chi connectivity index (χ1n) is 12.4. The third-order valence-corrected chi connectivity index (χ3v) is 7.16. The zero-order valence-corrected chi connectivity index (χ0v) is 24.2.